The van der Waals surface area contributed by atoms with Crippen LogP contribution in [0.1, 0.15) is 30.7 Å². The Balaban J connectivity index is 1.84. The van der Waals surface area contributed by atoms with E-state index in [1.807, 2.05) is 61.5 Å². The first-order valence-electron chi connectivity index (χ1n) is 9.96. The molecule has 1 amide bonds. The summed E-state index contributed by atoms with van der Waals surface area (Å²) < 4.78 is 6.71. The van der Waals surface area contributed by atoms with Gasteiger partial charge in [0.05, 0.1) is 12.3 Å². The van der Waals surface area contributed by atoms with Crippen LogP contribution in [0.25, 0.3) is 17.3 Å². The first-order chi connectivity index (χ1) is 15.0. The Bertz CT molecular complexity index is 1130. The van der Waals surface area contributed by atoms with Crippen molar-refractivity contribution in [1.29, 1.82) is 5.26 Å². The zero-order valence-corrected chi connectivity index (χ0v) is 19.7. The zero-order chi connectivity index (χ0) is 22.2. The molecule has 1 heterocycles. The maximum Gasteiger partial charge on any atom is 0.268 e. The van der Waals surface area contributed by atoms with Crippen molar-refractivity contribution >= 4 is 44.4 Å². The molecule has 0 fully saturated rings. The number of benzene rings is 2. The Labute approximate surface area is 194 Å². The quantitative estimate of drug-likeness (QED) is 0.287. The van der Waals surface area contributed by atoms with Gasteiger partial charge in [-0.3, -0.25) is 10.1 Å². The fraction of sp³-hybridized carbons (Fsp3) is 0.208. The van der Waals surface area contributed by atoms with Crippen molar-refractivity contribution in [2.75, 3.05) is 11.9 Å². The molecule has 0 saturated carbocycles. The second-order valence-corrected chi connectivity index (χ2v) is 8.66. The molecule has 5 nitrogen and oxygen atoms in total. The first-order valence-corrected chi connectivity index (χ1v) is 11.6. The number of nitrogens with zero attached hydrogens (tertiary/aromatic N) is 2. The third-order valence-corrected chi connectivity index (χ3v) is 6.05. The number of carbonyl (C=O) groups excluding carboxylic acids is 1. The minimum atomic E-state index is -0.494. The van der Waals surface area contributed by atoms with Crippen molar-refractivity contribution in [1.82, 2.24) is 4.98 Å². The minimum absolute atomic E-state index is 0.00834. The number of aromatic nitrogens is 1. The van der Waals surface area contributed by atoms with Gasteiger partial charge in [-0.05, 0) is 37.1 Å². The largest absolute Gasteiger partial charge is 0.493 e. The normalized spacial score (nSPS) is 11.1. The molecule has 0 aliphatic rings. The number of hydrogen-bond donors (Lipinski definition) is 1. The number of nitrogens with one attached hydrogen (secondary N) is 1. The van der Waals surface area contributed by atoms with Crippen LogP contribution in [0.5, 0.6) is 5.75 Å². The molecule has 0 aliphatic carbocycles. The lowest BCUT2D eigenvalue weighted by atomic mass is 10.1. The van der Waals surface area contributed by atoms with E-state index in [9.17, 15) is 10.1 Å². The van der Waals surface area contributed by atoms with Gasteiger partial charge in [0.2, 0.25) is 0 Å². The number of nitriles is 1. The van der Waals surface area contributed by atoms with Gasteiger partial charge in [-0.15, -0.1) is 11.3 Å². The monoisotopic (exact) mass is 495 g/mol. The first kappa shape index (κ1) is 22.7. The Morgan fingerprint density at radius 3 is 2.65 bits per heavy atom. The Hall–Kier alpha value is -2.95. The van der Waals surface area contributed by atoms with Crippen LogP contribution in [0.2, 0.25) is 0 Å². The van der Waals surface area contributed by atoms with Gasteiger partial charge in [-0.25, -0.2) is 4.98 Å². The fourth-order valence-corrected chi connectivity index (χ4v) is 4.07. The van der Waals surface area contributed by atoms with Crippen LogP contribution >= 0.6 is 27.3 Å². The fourth-order valence-electron chi connectivity index (χ4n) is 2.89. The summed E-state index contributed by atoms with van der Waals surface area (Å²) >= 11 is 4.86. The second-order valence-electron chi connectivity index (χ2n) is 6.66. The van der Waals surface area contributed by atoms with Crippen LogP contribution in [-0.4, -0.2) is 17.5 Å². The van der Waals surface area contributed by atoms with Crippen molar-refractivity contribution in [3.05, 3.63) is 69.0 Å². The summed E-state index contributed by atoms with van der Waals surface area (Å²) in [6, 6.07) is 17.2. The zero-order valence-electron chi connectivity index (χ0n) is 17.3. The maximum absolute atomic E-state index is 12.8. The number of amides is 1. The molecule has 0 spiro atoms. The van der Waals surface area contributed by atoms with E-state index in [4.69, 9.17) is 4.74 Å². The van der Waals surface area contributed by atoms with Gasteiger partial charge in [0.15, 0.2) is 5.13 Å². The van der Waals surface area contributed by atoms with Crippen LogP contribution in [0.4, 0.5) is 5.13 Å². The summed E-state index contributed by atoms with van der Waals surface area (Å²) in [7, 11) is 0. The van der Waals surface area contributed by atoms with Crippen LogP contribution in [0.15, 0.2) is 58.6 Å². The summed E-state index contributed by atoms with van der Waals surface area (Å²) in [5.74, 6) is 0.150. The third kappa shape index (κ3) is 5.81. The lowest BCUT2D eigenvalue weighted by Gasteiger charge is -2.08. The standard InChI is InChI=1S/C24H22BrN3O2S/c1-3-13-30-20-8-6-5-7-17(20)14-18(15-26)23(29)28-24-27-22(21(4-2)31-24)16-9-11-19(25)12-10-16/h5-12,14H,3-4,13H2,1-2H3,(H,27,28,29)/b18-14+. The lowest BCUT2D eigenvalue weighted by molar-refractivity contribution is -0.112. The molecular formula is C24H22BrN3O2S. The van der Waals surface area contributed by atoms with E-state index in [0.29, 0.717) is 23.1 Å². The molecule has 3 rings (SSSR count). The van der Waals surface area contributed by atoms with Gasteiger partial charge in [-0.2, -0.15) is 5.26 Å². The topological polar surface area (TPSA) is 75.0 Å². The van der Waals surface area contributed by atoms with E-state index >= 15 is 0 Å². The second kappa shape index (κ2) is 10.9. The smallest absolute Gasteiger partial charge is 0.268 e. The van der Waals surface area contributed by atoms with Crippen LogP contribution in [0, 0.1) is 11.3 Å². The van der Waals surface area contributed by atoms with Crippen LogP contribution < -0.4 is 10.1 Å². The molecule has 1 N–H and O–H groups in total. The highest BCUT2D eigenvalue weighted by Gasteiger charge is 2.16. The van der Waals surface area contributed by atoms with Gasteiger partial charge < -0.3 is 4.74 Å². The number of halogens is 1. The van der Waals surface area contributed by atoms with E-state index in [1.165, 1.54) is 11.3 Å². The average molecular weight is 496 g/mol. The molecule has 0 saturated heterocycles. The number of ether oxygens (including phenoxy) is 1. The molecule has 7 heteroatoms. The third-order valence-electron chi connectivity index (χ3n) is 4.40. The Kier molecular flexibility index (Phi) is 7.99. The molecule has 3 aromatic rings. The highest BCUT2D eigenvalue weighted by Crippen LogP contribution is 2.32. The molecule has 0 radical (unpaired) electrons. The van der Waals surface area contributed by atoms with E-state index in [0.717, 1.165) is 33.4 Å². The summed E-state index contributed by atoms with van der Waals surface area (Å²) in [6.45, 7) is 4.64. The molecule has 2 aromatic carbocycles. The van der Waals surface area contributed by atoms with E-state index < -0.39 is 5.91 Å². The van der Waals surface area contributed by atoms with Gasteiger partial charge in [0, 0.05) is 20.5 Å². The van der Waals surface area contributed by atoms with Crippen molar-refractivity contribution in [2.45, 2.75) is 26.7 Å². The molecule has 1 aromatic heterocycles. The highest BCUT2D eigenvalue weighted by atomic mass is 79.9. The van der Waals surface area contributed by atoms with Gasteiger partial charge in [-0.1, -0.05) is 60.1 Å². The SMILES string of the molecule is CCCOc1ccccc1/C=C(\C#N)C(=O)Nc1nc(-c2ccc(Br)cc2)c(CC)s1. The summed E-state index contributed by atoms with van der Waals surface area (Å²) in [5.41, 5.74) is 2.50. The Morgan fingerprint density at radius 1 is 1.23 bits per heavy atom. The van der Waals surface area contributed by atoms with Crippen LogP contribution in [-0.2, 0) is 11.2 Å². The van der Waals surface area contributed by atoms with E-state index in [2.05, 4.69) is 33.2 Å². The molecule has 0 unspecified atom stereocenters. The van der Waals surface area contributed by atoms with Gasteiger partial charge in [0.1, 0.15) is 17.4 Å². The maximum atomic E-state index is 12.8. The number of hydrogen-bond acceptors (Lipinski definition) is 5. The Morgan fingerprint density at radius 2 is 1.97 bits per heavy atom. The number of aryl methyl sites for hydroxylation is 1. The predicted molar refractivity (Wildman–Crippen MR) is 129 cm³/mol. The van der Waals surface area contributed by atoms with Crippen LogP contribution in [0.3, 0.4) is 0 Å². The molecule has 0 atom stereocenters. The molecular weight excluding hydrogens is 474 g/mol. The predicted octanol–water partition coefficient (Wildman–Crippen LogP) is 6.47. The number of thiazole rings is 1. The molecule has 0 bridgehead atoms. The van der Waals surface area contributed by atoms with Gasteiger partial charge >= 0.3 is 0 Å². The lowest BCUT2D eigenvalue weighted by Crippen LogP contribution is -2.13. The molecule has 31 heavy (non-hydrogen) atoms. The van der Waals surface area contributed by atoms with Crippen molar-refractivity contribution in [3.8, 4) is 23.1 Å². The molecule has 0 aliphatic heterocycles. The van der Waals surface area contributed by atoms with Gasteiger partial charge in [0.25, 0.3) is 5.91 Å². The van der Waals surface area contributed by atoms with Crippen molar-refractivity contribution < 1.29 is 9.53 Å². The van der Waals surface area contributed by atoms with Crippen molar-refractivity contribution in [3.63, 3.8) is 0 Å². The van der Waals surface area contributed by atoms with E-state index in [1.54, 1.807) is 6.08 Å². The number of rotatable bonds is 8. The molecule has 158 valence electrons. The summed E-state index contributed by atoms with van der Waals surface area (Å²) in [6.07, 6.45) is 3.21. The summed E-state index contributed by atoms with van der Waals surface area (Å²) in [4.78, 5) is 18.5. The minimum Gasteiger partial charge on any atom is -0.493 e. The number of carbonyl (C=O) groups is 1. The number of para-hydroxylation sites is 1. The van der Waals surface area contributed by atoms with E-state index in [-0.39, 0.29) is 5.57 Å². The average Bonchev–Trinajstić information content (AvgIpc) is 3.19. The number of anilines is 1. The highest BCUT2D eigenvalue weighted by molar-refractivity contribution is 9.10. The summed E-state index contributed by atoms with van der Waals surface area (Å²) in [5, 5.41) is 12.8. The van der Waals surface area contributed by atoms with Crippen molar-refractivity contribution in [2.24, 2.45) is 0 Å².